The third kappa shape index (κ3) is 5.79. The maximum atomic E-state index is 12.5. The van der Waals surface area contributed by atoms with Crippen molar-refractivity contribution in [2.24, 2.45) is 0 Å². The van der Waals surface area contributed by atoms with Crippen molar-refractivity contribution >= 4 is 22.0 Å². The zero-order valence-electron chi connectivity index (χ0n) is 14.0. The van der Waals surface area contributed by atoms with Crippen molar-refractivity contribution in [1.82, 2.24) is 19.5 Å². The molecule has 150 valence electrons. The van der Waals surface area contributed by atoms with E-state index in [1.165, 1.54) is 9.62 Å². The molecule has 1 aromatic heterocycles. The van der Waals surface area contributed by atoms with E-state index in [9.17, 15) is 36.0 Å². The van der Waals surface area contributed by atoms with Crippen molar-refractivity contribution < 1.29 is 31.2 Å². The number of carbonyl (C=O) groups is 2. The summed E-state index contributed by atoms with van der Waals surface area (Å²) >= 11 is 0. The Morgan fingerprint density at radius 1 is 1.15 bits per heavy atom. The Hall–Kier alpha value is -2.41. The van der Waals surface area contributed by atoms with E-state index >= 15 is 0 Å². The number of aromatic nitrogens is 1. The van der Waals surface area contributed by atoms with Crippen molar-refractivity contribution in [3.05, 3.63) is 28.7 Å². The van der Waals surface area contributed by atoms with Crippen molar-refractivity contribution in [1.29, 1.82) is 0 Å². The molecule has 2 N–H and O–H groups in total. The lowest BCUT2D eigenvalue weighted by Gasteiger charge is -2.16. The Morgan fingerprint density at radius 2 is 1.78 bits per heavy atom. The van der Waals surface area contributed by atoms with Crippen molar-refractivity contribution in [3.63, 3.8) is 0 Å². The fraction of sp³-hybridized carbons (Fsp3) is 0.500. The predicted octanol–water partition coefficient (Wildman–Crippen LogP) is 0.0209. The normalized spacial score (nSPS) is 15.5. The number of halogens is 3. The summed E-state index contributed by atoms with van der Waals surface area (Å²) in [5, 5.41) is 3.07. The smallest absolute Gasteiger partial charge is 0.329 e. The van der Waals surface area contributed by atoms with Crippen LogP contribution in [-0.4, -0.2) is 55.0 Å². The van der Waals surface area contributed by atoms with Gasteiger partial charge in [-0.1, -0.05) is 0 Å². The first-order valence-electron chi connectivity index (χ1n) is 7.84. The average molecular weight is 410 g/mol. The van der Waals surface area contributed by atoms with Crippen molar-refractivity contribution in [2.45, 2.75) is 30.5 Å². The van der Waals surface area contributed by atoms with Gasteiger partial charge in [0.1, 0.15) is 13.1 Å². The molecule has 0 bridgehead atoms. The zero-order chi connectivity index (χ0) is 20.2. The van der Waals surface area contributed by atoms with E-state index in [1.54, 1.807) is 5.32 Å². The number of carbonyl (C=O) groups excluding carboxylic acids is 2. The van der Waals surface area contributed by atoms with Crippen LogP contribution in [0.3, 0.4) is 0 Å². The number of amides is 3. The number of imide groups is 1. The van der Waals surface area contributed by atoms with E-state index in [1.807, 2.05) is 0 Å². The Labute approximate surface area is 152 Å². The molecule has 0 atom stereocenters. The lowest BCUT2D eigenvalue weighted by molar-refractivity contribution is -0.124. The van der Waals surface area contributed by atoms with Crippen molar-refractivity contribution in [2.75, 3.05) is 19.6 Å². The van der Waals surface area contributed by atoms with Gasteiger partial charge in [0, 0.05) is 25.4 Å². The number of nitrogens with zero attached hydrogens (tertiary/aromatic N) is 2. The minimum atomic E-state index is -4.64. The third-order valence-corrected chi connectivity index (χ3v) is 5.56. The minimum absolute atomic E-state index is 0.196. The number of nitrogens with one attached hydrogen (secondary N) is 2. The lowest BCUT2D eigenvalue weighted by atomic mass is 10.4. The van der Waals surface area contributed by atoms with Gasteiger partial charge < -0.3 is 9.88 Å². The van der Waals surface area contributed by atoms with Crippen LogP contribution in [0.2, 0.25) is 0 Å². The summed E-state index contributed by atoms with van der Waals surface area (Å²) in [6, 6.07) is 0.687. The fourth-order valence-corrected chi connectivity index (χ4v) is 3.95. The standard InChI is InChI=1S/C14H17F3N4O5S/c15-14(16,17)9-18-13(24)19-11(22)8-20-7-10(3-4-12(20)23)27(25,26)21-5-1-2-6-21/h3-4,7H,1-2,5-6,8-9H2,(H2,18,19,22,24). The molecule has 1 aromatic rings. The Kier molecular flexibility index (Phi) is 6.26. The zero-order valence-corrected chi connectivity index (χ0v) is 14.8. The first kappa shape index (κ1) is 20.9. The van der Waals surface area contributed by atoms with Crippen molar-refractivity contribution in [3.8, 4) is 0 Å². The molecule has 2 heterocycles. The number of sulfonamides is 1. The molecule has 0 unspecified atom stereocenters. The van der Waals surface area contributed by atoms with E-state index in [0.717, 1.165) is 22.9 Å². The van der Waals surface area contributed by atoms with E-state index in [2.05, 4.69) is 0 Å². The molecular weight excluding hydrogens is 393 g/mol. The molecule has 0 aromatic carbocycles. The van der Waals surface area contributed by atoms with Gasteiger partial charge >= 0.3 is 12.2 Å². The molecule has 9 nitrogen and oxygen atoms in total. The van der Waals surface area contributed by atoms with Crippen LogP contribution in [0.5, 0.6) is 0 Å². The van der Waals surface area contributed by atoms with Gasteiger partial charge in [0.25, 0.3) is 5.56 Å². The van der Waals surface area contributed by atoms with Gasteiger partial charge in [-0.15, -0.1) is 0 Å². The van der Waals surface area contributed by atoms with Gasteiger partial charge in [0.05, 0.1) is 4.90 Å². The van der Waals surface area contributed by atoms with Gasteiger partial charge in [0.15, 0.2) is 0 Å². The molecule has 1 saturated heterocycles. The van der Waals surface area contributed by atoms with Gasteiger partial charge in [-0.3, -0.25) is 14.9 Å². The molecule has 0 radical (unpaired) electrons. The second-order valence-corrected chi connectivity index (χ2v) is 7.73. The first-order valence-corrected chi connectivity index (χ1v) is 9.28. The van der Waals surface area contributed by atoms with Crippen LogP contribution >= 0.6 is 0 Å². The summed E-state index contributed by atoms with van der Waals surface area (Å²) in [4.78, 5) is 34.6. The first-order chi connectivity index (χ1) is 12.5. The van der Waals surface area contributed by atoms with Crippen LogP contribution in [0.4, 0.5) is 18.0 Å². The average Bonchev–Trinajstić information content (AvgIpc) is 3.09. The van der Waals surface area contributed by atoms with E-state index < -0.39 is 46.8 Å². The number of alkyl halides is 3. The third-order valence-electron chi connectivity index (χ3n) is 3.68. The topological polar surface area (TPSA) is 118 Å². The summed E-state index contributed by atoms with van der Waals surface area (Å²) < 4.78 is 63.0. The van der Waals surface area contributed by atoms with Crippen LogP contribution in [0, 0.1) is 0 Å². The molecule has 1 fully saturated rings. The largest absolute Gasteiger partial charge is 0.405 e. The number of hydrogen-bond donors (Lipinski definition) is 2. The van der Waals surface area contributed by atoms with Gasteiger partial charge in [-0.05, 0) is 18.9 Å². The van der Waals surface area contributed by atoms with Crippen LogP contribution in [-0.2, 0) is 21.4 Å². The van der Waals surface area contributed by atoms with Crippen LogP contribution in [0.15, 0.2) is 28.0 Å². The summed E-state index contributed by atoms with van der Waals surface area (Å²) in [6.07, 6.45) is -2.25. The minimum Gasteiger partial charge on any atom is -0.329 e. The number of hydrogen-bond acceptors (Lipinski definition) is 5. The predicted molar refractivity (Wildman–Crippen MR) is 86.3 cm³/mol. The number of rotatable bonds is 5. The molecule has 27 heavy (non-hydrogen) atoms. The Morgan fingerprint density at radius 3 is 2.37 bits per heavy atom. The summed E-state index contributed by atoms with van der Waals surface area (Å²) in [5.41, 5.74) is -0.707. The Balaban J connectivity index is 2.07. The second-order valence-electron chi connectivity index (χ2n) is 5.79. The van der Waals surface area contributed by atoms with Gasteiger partial charge in [0.2, 0.25) is 15.9 Å². The number of urea groups is 1. The van der Waals surface area contributed by atoms with E-state index in [4.69, 9.17) is 0 Å². The van der Waals surface area contributed by atoms with Crippen LogP contribution < -0.4 is 16.2 Å². The van der Waals surface area contributed by atoms with Gasteiger partial charge in [-0.2, -0.15) is 17.5 Å². The molecule has 0 spiro atoms. The maximum Gasteiger partial charge on any atom is 0.405 e. The monoisotopic (exact) mass is 410 g/mol. The Bertz CT molecular complexity index is 875. The SMILES string of the molecule is O=C(Cn1cc(S(=O)(=O)N2CCCC2)ccc1=O)NC(=O)NCC(F)(F)F. The molecule has 1 aliphatic rings. The van der Waals surface area contributed by atoms with Crippen LogP contribution in [0.25, 0.3) is 0 Å². The van der Waals surface area contributed by atoms with E-state index in [0.29, 0.717) is 25.9 Å². The highest BCUT2D eigenvalue weighted by Gasteiger charge is 2.29. The lowest BCUT2D eigenvalue weighted by Crippen LogP contribution is -2.45. The highest BCUT2D eigenvalue weighted by Crippen LogP contribution is 2.19. The fourth-order valence-electron chi connectivity index (χ4n) is 2.41. The highest BCUT2D eigenvalue weighted by molar-refractivity contribution is 7.89. The highest BCUT2D eigenvalue weighted by atomic mass is 32.2. The summed E-state index contributed by atoms with van der Waals surface area (Å²) in [7, 11) is -3.82. The maximum absolute atomic E-state index is 12.5. The molecule has 1 aliphatic heterocycles. The summed E-state index contributed by atoms with van der Waals surface area (Å²) in [6.45, 7) is -1.67. The molecular formula is C14H17F3N4O5S. The molecule has 0 aliphatic carbocycles. The molecule has 3 amide bonds. The van der Waals surface area contributed by atoms with Gasteiger partial charge in [-0.25, -0.2) is 13.2 Å². The number of pyridine rings is 1. The second kappa shape index (κ2) is 8.08. The van der Waals surface area contributed by atoms with Crippen LogP contribution in [0.1, 0.15) is 12.8 Å². The molecule has 0 saturated carbocycles. The van der Waals surface area contributed by atoms with E-state index in [-0.39, 0.29) is 4.90 Å². The molecule has 2 rings (SSSR count). The molecule has 13 heteroatoms. The quantitative estimate of drug-likeness (QED) is 0.710. The summed E-state index contributed by atoms with van der Waals surface area (Å²) in [5.74, 6) is -1.08.